The van der Waals surface area contributed by atoms with Crippen LogP contribution in [0.4, 0.5) is 4.39 Å². The van der Waals surface area contributed by atoms with Crippen LogP contribution in [0.25, 0.3) is 0 Å². The number of benzene rings is 1. The first-order valence-electron chi connectivity index (χ1n) is 7.92. The van der Waals surface area contributed by atoms with E-state index in [0.29, 0.717) is 12.5 Å². The van der Waals surface area contributed by atoms with Crippen molar-refractivity contribution in [3.05, 3.63) is 30.1 Å². The highest BCUT2D eigenvalue weighted by atomic mass is 127. The van der Waals surface area contributed by atoms with Crippen LogP contribution in [0.3, 0.4) is 0 Å². The van der Waals surface area contributed by atoms with E-state index in [9.17, 15) is 12.8 Å². The fourth-order valence-electron chi connectivity index (χ4n) is 2.58. The molecule has 0 spiro atoms. The molecule has 0 saturated carbocycles. The third-order valence-corrected chi connectivity index (χ3v) is 5.73. The molecular weight excluding hydrogens is 460 g/mol. The molecule has 1 aromatic rings. The molecule has 0 amide bonds. The Morgan fingerprint density at radius 2 is 2.08 bits per heavy atom. The van der Waals surface area contributed by atoms with Gasteiger partial charge in [0.2, 0.25) is 0 Å². The van der Waals surface area contributed by atoms with Gasteiger partial charge in [-0.3, -0.25) is 4.99 Å². The molecule has 9 heteroatoms. The molecular formula is C16H25FIN3O3S. The monoisotopic (exact) mass is 485 g/mol. The second kappa shape index (κ2) is 9.67. The Hall–Kier alpha value is -0.940. The standard InChI is InChI=1S/C16H24FN3O3S.HI/c1-16(8-5-10-23-16)12-20-15(18-2)19-9-11-24(21,22)14-7-4-3-6-13(14)17;/h3-4,6-7H,5,8-12H2,1-2H3,(H2,18,19,20);1H. The largest absolute Gasteiger partial charge is 0.373 e. The minimum atomic E-state index is -3.68. The van der Waals surface area contributed by atoms with E-state index in [1.807, 2.05) is 6.92 Å². The molecule has 1 heterocycles. The lowest BCUT2D eigenvalue weighted by molar-refractivity contribution is 0.0243. The third kappa shape index (κ3) is 6.37. The van der Waals surface area contributed by atoms with Crippen LogP contribution in [-0.2, 0) is 14.6 Å². The van der Waals surface area contributed by atoms with Crippen molar-refractivity contribution in [1.29, 1.82) is 0 Å². The van der Waals surface area contributed by atoms with Crippen molar-refractivity contribution in [2.45, 2.75) is 30.3 Å². The first-order chi connectivity index (χ1) is 11.4. The molecule has 2 N–H and O–H groups in total. The summed E-state index contributed by atoms with van der Waals surface area (Å²) in [6, 6.07) is 5.38. The van der Waals surface area contributed by atoms with Gasteiger partial charge in [-0.05, 0) is 31.9 Å². The quantitative estimate of drug-likeness (QED) is 0.366. The van der Waals surface area contributed by atoms with Gasteiger partial charge >= 0.3 is 0 Å². The molecule has 2 rings (SSSR count). The summed E-state index contributed by atoms with van der Waals surface area (Å²) in [4.78, 5) is 3.78. The number of aliphatic imine (C=N–C) groups is 1. The average molecular weight is 485 g/mol. The van der Waals surface area contributed by atoms with Crippen LogP contribution in [0.1, 0.15) is 19.8 Å². The minimum Gasteiger partial charge on any atom is -0.373 e. The molecule has 1 fully saturated rings. The number of nitrogens with zero attached hydrogens (tertiary/aromatic N) is 1. The van der Waals surface area contributed by atoms with Gasteiger partial charge in [0.05, 0.1) is 11.4 Å². The van der Waals surface area contributed by atoms with Crippen molar-refractivity contribution in [2.24, 2.45) is 4.99 Å². The van der Waals surface area contributed by atoms with Gasteiger partial charge < -0.3 is 15.4 Å². The van der Waals surface area contributed by atoms with Gasteiger partial charge in [-0.2, -0.15) is 0 Å². The first-order valence-corrected chi connectivity index (χ1v) is 9.57. The van der Waals surface area contributed by atoms with Gasteiger partial charge in [0.1, 0.15) is 10.7 Å². The van der Waals surface area contributed by atoms with E-state index >= 15 is 0 Å². The summed E-state index contributed by atoms with van der Waals surface area (Å²) < 4.78 is 43.7. The lowest BCUT2D eigenvalue weighted by Crippen LogP contribution is -2.46. The Balaban J connectivity index is 0.00000312. The van der Waals surface area contributed by atoms with Crippen molar-refractivity contribution >= 4 is 39.8 Å². The summed E-state index contributed by atoms with van der Waals surface area (Å²) in [5.41, 5.74) is -0.225. The molecule has 0 aromatic heterocycles. The maximum absolute atomic E-state index is 13.6. The first kappa shape index (κ1) is 22.1. The molecule has 25 heavy (non-hydrogen) atoms. The maximum atomic E-state index is 13.6. The van der Waals surface area contributed by atoms with E-state index in [1.165, 1.54) is 18.2 Å². The van der Waals surface area contributed by atoms with Gasteiger partial charge in [0.15, 0.2) is 15.8 Å². The molecule has 0 radical (unpaired) electrons. The molecule has 1 aromatic carbocycles. The van der Waals surface area contributed by atoms with Crippen LogP contribution < -0.4 is 10.6 Å². The molecule has 1 aliphatic heterocycles. The number of nitrogens with one attached hydrogen (secondary N) is 2. The molecule has 1 atom stereocenters. The van der Waals surface area contributed by atoms with Crippen molar-refractivity contribution < 1.29 is 17.5 Å². The van der Waals surface area contributed by atoms with Crippen LogP contribution in [0.5, 0.6) is 0 Å². The molecule has 1 aliphatic rings. The van der Waals surface area contributed by atoms with Gasteiger partial charge in [-0.25, -0.2) is 12.8 Å². The Bertz CT molecular complexity index is 692. The van der Waals surface area contributed by atoms with Gasteiger partial charge in [0.25, 0.3) is 0 Å². The van der Waals surface area contributed by atoms with E-state index in [4.69, 9.17) is 4.74 Å². The number of halogens is 2. The van der Waals surface area contributed by atoms with E-state index in [0.717, 1.165) is 25.5 Å². The van der Waals surface area contributed by atoms with Crippen LogP contribution in [-0.4, -0.2) is 52.5 Å². The summed E-state index contributed by atoms with van der Waals surface area (Å²) in [7, 11) is -2.07. The fraction of sp³-hybridized carbons (Fsp3) is 0.562. The van der Waals surface area contributed by atoms with Gasteiger partial charge in [-0.1, -0.05) is 12.1 Å². The summed E-state index contributed by atoms with van der Waals surface area (Å²) in [6.45, 7) is 3.51. The number of hydrogen-bond acceptors (Lipinski definition) is 4. The van der Waals surface area contributed by atoms with E-state index in [-0.39, 0.29) is 46.8 Å². The smallest absolute Gasteiger partial charge is 0.191 e. The number of sulfone groups is 1. The predicted molar refractivity (Wildman–Crippen MR) is 107 cm³/mol. The number of ether oxygens (including phenoxy) is 1. The van der Waals surface area contributed by atoms with E-state index in [1.54, 1.807) is 7.05 Å². The van der Waals surface area contributed by atoms with Crippen molar-refractivity contribution in [1.82, 2.24) is 10.6 Å². The number of guanidine groups is 1. The average Bonchev–Trinajstić information content (AvgIpc) is 2.98. The third-order valence-electron chi connectivity index (χ3n) is 3.99. The van der Waals surface area contributed by atoms with Crippen LogP contribution in [0.15, 0.2) is 34.2 Å². The Kier molecular flexibility index (Phi) is 8.55. The van der Waals surface area contributed by atoms with Gasteiger partial charge in [0, 0.05) is 26.7 Å². The van der Waals surface area contributed by atoms with E-state index < -0.39 is 15.7 Å². The molecule has 0 aliphatic carbocycles. The summed E-state index contributed by atoms with van der Waals surface area (Å²) in [5, 5.41) is 6.07. The fourth-order valence-corrected chi connectivity index (χ4v) is 3.82. The molecule has 1 saturated heterocycles. The minimum absolute atomic E-state index is 0. The topological polar surface area (TPSA) is 79.8 Å². The highest BCUT2D eigenvalue weighted by Gasteiger charge is 2.29. The Morgan fingerprint density at radius 3 is 2.68 bits per heavy atom. The van der Waals surface area contributed by atoms with Crippen molar-refractivity contribution in [2.75, 3.05) is 32.5 Å². The number of rotatable bonds is 6. The maximum Gasteiger partial charge on any atom is 0.191 e. The SMILES string of the molecule is CN=C(NCCS(=O)(=O)c1ccccc1F)NCC1(C)CCCO1.I. The molecule has 1 unspecified atom stereocenters. The van der Waals surface area contributed by atoms with Crippen LogP contribution in [0.2, 0.25) is 0 Å². The Labute approximate surface area is 165 Å². The van der Waals surface area contributed by atoms with Crippen LogP contribution in [0, 0.1) is 5.82 Å². The lowest BCUT2D eigenvalue weighted by Gasteiger charge is -2.24. The Morgan fingerprint density at radius 1 is 1.36 bits per heavy atom. The highest BCUT2D eigenvalue weighted by molar-refractivity contribution is 14.0. The predicted octanol–water partition coefficient (Wildman–Crippen LogP) is 1.95. The second-order valence-corrected chi connectivity index (χ2v) is 8.08. The normalized spacial score (nSPS) is 20.8. The zero-order valence-corrected chi connectivity index (χ0v) is 17.6. The molecule has 0 bridgehead atoms. The van der Waals surface area contributed by atoms with Crippen molar-refractivity contribution in [3.8, 4) is 0 Å². The summed E-state index contributed by atoms with van der Waals surface area (Å²) >= 11 is 0. The summed E-state index contributed by atoms with van der Waals surface area (Å²) in [5.74, 6) is -0.454. The van der Waals surface area contributed by atoms with Crippen LogP contribution >= 0.6 is 24.0 Å². The second-order valence-electron chi connectivity index (χ2n) is 6.00. The van der Waals surface area contributed by atoms with E-state index in [2.05, 4.69) is 15.6 Å². The summed E-state index contributed by atoms with van der Waals surface area (Å²) in [6.07, 6.45) is 2.00. The van der Waals surface area contributed by atoms with Crippen molar-refractivity contribution in [3.63, 3.8) is 0 Å². The highest BCUT2D eigenvalue weighted by Crippen LogP contribution is 2.23. The lowest BCUT2D eigenvalue weighted by atomic mass is 10.0. The zero-order valence-electron chi connectivity index (χ0n) is 14.4. The number of hydrogen-bond donors (Lipinski definition) is 2. The molecule has 142 valence electrons. The van der Waals surface area contributed by atoms with Gasteiger partial charge in [-0.15, -0.1) is 24.0 Å². The molecule has 6 nitrogen and oxygen atoms in total. The zero-order chi connectivity index (χ0) is 17.6.